The molecular formula is C14H17NO3. The number of carbonyl (C=O) groups excluding carboxylic acids is 1. The molecule has 0 spiro atoms. The first-order chi connectivity index (χ1) is 8.47. The van der Waals surface area contributed by atoms with Crippen molar-refractivity contribution >= 4 is 11.9 Å². The summed E-state index contributed by atoms with van der Waals surface area (Å²) in [6, 6.07) is 7.60. The lowest BCUT2D eigenvalue weighted by molar-refractivity contribution is -0.149. The Balaban J connectivity index is 2.09. The van der Waals surface area contributed by atoms with Crippen LogP contribution in [0.25, 0.3) is 0 Å². The molecule has 0 saturated heterocycles. The van der Waals surface area contributed by atoms with Crippen molar-refractivity contribution < 1.29 is 14.7 Å². The van der Waals surface area contributed by atoms with Crippen LogP contribution in [0, 0.1) is 12.3 Å². The van der Waals surface area contributed by atoms with Gasteiger partial charge in [-0.15, -0.1) is 0 Å². The van der Waals surface area contributed by atoms with Crippen molar-refractivity contribution in [2.24, 2.45) is 5.41 Å². The quantitative estimate of drug-likeness (QED) is 0.800. The fourth-order valence-electron chi connectivity index (χ4n) is 2.15. The Bertz CT molecular complexity index is 492. The molecule has 1 aromatic carbocycles. The van der Waals surface area contributed by atoms with Gasteiger partial charge >= 0.3 is 5.97 Å². The van der Waals surface area contributed by atoms with Crippen LogP contribution in [0.5, 0.6) is 0 Å². The number of hydrogen-bond donors (Lipinski definition) is 2. The van der Waals surface area contributed by atoms with Crippen LogP contribution in [0.4, 0.5) is 0 Å². The molecule has 1 amide bonds. The topological polar surface area (TPSA) is 66.4 Å². The van der Waals surface area contributed by atoms with E-state index in [4.69, 9.17) is 5.11 Å². The fourth-order valence-corrected chi connectivity index (χ4v) is 2.15. The van der Waals surface area contributed by atoms with Crippen molar-refractivity contribution in [3.8, 4) is 0 Å². The van der Waals surface area contributed by atoms with Crippen LogP contribution in [0.15, 0.2) is 24.3 Å². The second kappa shape index (κ2) is 4.44. The fraction of sp³-hybridized carbons (Fsp3) is 0.429. The number of carboxylic acid groups (broad SMARTS) is 1. The van der Waals surface area contributed by atoms with Crippen molar-refractivity contribution in [3.05, 3.63) is 35.4 Å². The molecule has 1 aliphatic carbocycles. The second-order valence-corrected chi connectivity index (χ2v) is 4.94. The Kier molecular flexibility index (Phi) is 3.11. The van der Waals surface area contributed by atoms with Gasteiger partial charge in [0.25, 0.3) is 0 Å². The lowest BCUT2D eigenvalue weighted by atomic mass is 10.0. The van der Waals surface area contributed by atoms with Gasteiger partial charge in [0.1, 0.15) is 5.41 Å². The Labute approximate surface area is 106 Å². The monoisotopic (exact) mass is 247 g/mol. The zero-order valence-electron chi connectivity index (χ0n) is 10.6. The highest BCUT2D eigenvalue weighted by Gasteiger charge is 2.57. The normalized spacial score (nSPS) is 17.9. The Morgan fingerprint density at radius 2 is 1.94 bits per heavy atom. The first-order valence-electron chi connectivity index (χ1n) is 6.07. The van der Waals surface area contributed by atoms with Crippen LogP contribution in [0.2, 0.25) is 0 Å². The lowest BCUT2D eigenvalue weighted by Crippen LogP contribution is -2.38. The summed E-state index contributed by atoms with van der Waals surface area (Å²) in [6.45, 7) is 3.85. The molecule has 0 aliphatic heterocycles. The number of benzene rings is 1. The summed E-state index contributed by atoms with van der Waals surface area (Å²) in [6.07, 6.45) is 0.878. The maximum absolute atomic E-state index is 12.0. The van der Waals surface area contributed by atoms with E-state index in [1.807, 2.05) is 38.1 Å². The first kappa shape index (κ1) is 12.6. The van der Waals surface area contributed by atoms with E-state index in [0.717, 1.165) is 11.1 Å². The Morgan fingerprint density at radius 3 is 2.44 bits per heavy atom. The van der Waals surface area contributed by atoms with Crippen molar-refractivity contribution in [3.63, 3.8) is 0 Å². The number of hydrogen-bond acceptors (Lipinski definition) is 2. The summed E-state index contributed by atoms with van der Waals surface area (Å²) < 4.78 is 0. The van der Waals surface area contributed by atoms with Crippen LogP contribution < -0.4 is 5.32 Å². The highest BCUT2D eigenvalue weighted by molar-refractivity contribution is 6.04. The van der Waals surface area contributed by atoms with E-state index in [9.17, 15) is 9.59 Å². The van der Waals surface area contributed by atoms with Crippen molar-refractivity contribution in [1.82, 2.24) is 5.32 Å². The minimum absolute atomic E-state index is 0.171. The molecule has 1 atom stereocenters. The molecule has 0 heterocycles. The molecule has 1 aliphatic rings. The maximum atomic E-state index is 12.0. The number of amides is 1. The number of aryl methyl sites for hydroxylation is 1. The van der Waals surface area contributed by atoms with Gasteiger partial charge < -0.3 is 10.4 Å². The summed E-state index contributed by atoms with van der Waals surface area (Å²) in [5, 5.41) is 11.9. The molecule has 96 valence electrons. The minimum atomic E-state index is -1.17. The molecule has 2 N–H and O–H groups in total. The third-order valence-corrected chi connectivity index (χ3v) is 3.60. The van der Waals surface area contributed by atoms with Crippen LogP contribution >= 0.6 is 0 Å². The predicted octanol–water partition coefficient (Wildman–Crippen LogP) is 2.04. The minimum Gasteiger partial charge on any atom is -0.480 e. The molecule has 1 saturated carbocycles. The number of carboxylic acids is 1. The molecule has 0 radical (unpaired) electrons. The van der Waals surface area contributed by atoms with E-state index in [1.165, 1.54) is 0 Å². The lowest BCUT2D eigenvalue weighted by Gasteiger charge is -2.19. The average Bonchev–Trinajstić information content (AvgIpc) is 3.10. The molecule has 0 aromatic heterocycles. The maximum Gasteiger partial charge on any atom is 0.319 e. The molecule has 1 fully saturated rings. The highest BCUT2D eigenvalue weighted by Crippen LogP contribution is 2.46. The van der Waals surface area contributed by atoms with E-state index < -0.39 is 11.4 Å². The Hall–Kier alpha value is -1.84. The van der Waals surface area contributed by atoms with Crippen molar-refractivity contribution in [1.29, 1.82) is 0 Å². The van der Waals surface area contributed by atoms with Gasteiger partial charge in [-0.3, -0.25) is 9.59 Å². The van der Waals surface area contributed by atoms with Gasteiger partial charge in [-0.05, 0) is 37.8 Å². The van der Waals surface area contributed by atoms with Gasteiger partial charge in [0.05, 0.1) is 6.04 Å². The first-order valence-corrected chi connectivity index (χ1v) is 6.07. The molecule has 2 rings (SSSR count). The van der Waals surface area contributed by atoms with Crippen LogP contribution in [-0.2, 0) is 9.59 Å². The SMILES string of the molecule is Cc1ccccc1[C@H](C)NC(=O)C1(C(=O)O)CC1. The number of aliphatic carboxylic acids is 1. The molecule has 0 unspecified atom stereocenters. The predicted molar refractivity (Wildman–Crippen MR) is 67.0 cm³/mol. The summed E-state index contributed by atoms with van der Waals surface area (Å²) in [5.41, 5.74) is 0.939. The summed E-state index contributed by atoms with van der Waals surface area (Å²) in [5.74, 6) is -1.39. The molecule has 0 bridgehead atoms. The van der Waals surface area contributed by atoms with E-state index in [2.05, 4.69) is 5.32 Å². The zero-order chi connectivity index (χ0) is 13.3. The van der Waals surface area contributed by atoms with Gasteiger partial charge in [-0.25, -0.2) is 0 Å². The number of nitrogens with one attached hydrogen (secondary N) is 1. The highest BCUT2D eigenvalue weighted by atomic mass is 16.4. The zero-order valence-corrected chi connectivity index (χ0v) is 10.6. The molecular weight excluding hydrogens is 230 g/mol. The van der Waals surface area contributed by atoms with Gasteiger partial charge in [0.15, 0.2) is 0 Å². The van der Waals surface area contributed by atoms with Crippen molar-refractivity contribution in [2.75, 3.05) is 0 Å². The van der Waals surface area contributed by atoms with E-state index in [1.54, 1.807) is 0 Å². The van der Waals surface area contributed by atoms with Crippen LogP contribution in [-0.4, -0.2) is 17.0 Å². The third kappa shape index (κ3) is 2.10. The van der Waals surface area contributed by atoms with Gasteiger partial charge in [-0.1, -0.05) is 24.3 Å². The number of carbonyl (C=O) groups is 2. The number of rotatable bonds is 4. The van der Waals surface area contributed by atoms with E-state index in [0.29, 0.717) is 12.8 Å². The standard InChI is InChI=1S/C14H17NO3/c1-9-5-3-4-6-11(9)10(2)15-12(16)14(7-8-14)13(17)18/h3-6,10H,7-8H2,1-2H3,(H,15,16)(H,17,18)/t10-/m0/s1. The van der Waals surface area contributed by atoms with E-state index in [-0.39, 0.29) is 11.9 Å². The largest absolute Gasteiger partial charge is 0.480 e. The summed E-state index contributed by atoms with van der Waals surface area (Å²) >= 11 is 0. The molecule has 4 heteroatoms. The third-order valence-electron chi connectivity index (χ3n) is 3.60. The molecule has 18 heavy (non-hydrogen) atoms. The summed E-state index contributed by atoms with van der Waals surface area (Å²) in [7, 11) is 0. The van der Waals surface area contributed by atoms with Crippen LogP contribution in [0.1, 0.15) is 36.9 Å². The molecule has 4 nitrogen and oxygen atoms in total. The van der Waals surface area contributed by atoms with Crippen LogP contribution in [0.3, 0.4) is 0 Å². The Morgan fingerprint density at radius 1 is 1.33 bits per heavy atom. The second-order valence-electron chi connectivity index (χ2n) is 4.94. The van der Waals surface area contributed by atoms with Gasteiger partial charge in [0, 0.05) is 0 Å². The van der Waals surface area contributed by atoms with E-state index >= 15 is 0 Å². The van der Waals surface area contributed by atoms with Gasteiger partial charge in [0.2, 0.25) is 5.91 Å². The smallest absolute Gasteiger partial charge is 0.319 e. The molecule has 1 aromatic rings. The van der Waals surface area contributed by atoms with Crippen molar-refractivity contribution in [2.45, 2.75) is 32.7 Å². The van der Waals surface area contributed by atoms with Gasteiger partial charge in [-0.2, -0.15) is 0 Å². The summed E-state index contributed by atoms with van der Waals surface area (Å²) in [4.78, 5) is 23.0. The average molecular weight is 247 g/mol.